The molecular formula is C13H17N3OS. The number of hydrogen-bond donors (Lipinski definition) is 1. The van der Waals surface area contributed by atoms with Crippen molar-refractivity contribution >= 4 is 17.2 Å². The molecule has 0 amide bonds. The van der Waals surface area contributed by atoms with E-state index in [2.05, 4.69) is 39.0 Å². The zero-order chi connectivity index (χ0) is 13.0. The van der Waals surface area contributed by atoms with Crippen LogP contribution in [0.15, 0.2) is 29.2 Å². The zero-order valence-corrected chi connectivity index (χ0v) is 11.6. The predicted octanol–water partition coefficient (Wildman–Crippen LogP) is 3.50. The normalized spacial score (nSPS) is 12.4. The van der Waals surface area contributed by atoms with Crippen molar-refractivity contribution < 1.29 is 4.74 Å². The number of anilines is 1. The lowest BCUT2D eigenvalue weighted by atomic mass is 10.2. The van der Waals surface area contributed by atoms with Gasteiger partial charge in [0.15, 0.2) is 0 Å². The van der Waals surface area contributed by atoms with Crippen LogP contribution in [0.5, 0.6) is 5.88 Å². The molecule has 18 heavy (non-hydrogen) atoms. The van der Waals surface area contributed by atoms with Gasteiger partial charge in [0, 0.05) is 6.07 Å². The monoisotopic (exact) mass is 263 g/mol. The molecule has 0 aliphatic rings. The SMILES string of the molecule is CC(C)Oc1cc(NC(C)c2ccsc2)ncn1. The Morgan fingerprint density at radius 2 is 2.11 bits per heavy atom. The summed E-state index contributed by atoms with van der Waals surface area (Å²) in [5.74, 6) is 1.37. The van der Waals surface area contributed by atoms with E-state index in [0.717, 1.165) is 5.82 Å². The van der Waals surface area contributed by atoms with Crippen LogP contribution in [0.3, 0.4) is 0 Å². The Labute approximate surface area is 111 Å². The second-order valence-electron chi connectivity index (χ2n) is 4.33. The molecule has 0 aliphatic heterocycles. The Morgan fingerprint density at radius 3 is 2.78 bits per heavy atom. The first-order chi connectivity index (χ1) is 8.65. The van der Waals surface area contributed by atoms with Crippen molar-refractivity contribution in [3.63, 3.8) is 0 Å². The van der Waals surface area contributed by atoms with Crippen molar-refractivity contribution in [3.8, 4) is 5.88 Å². The van der Waals surface area contributed by atoms with Crippen molar-refractivity contribution in [2.45, 2.75) is 32.9 Å². The van der Waals surface area contributed by atoms with E-state index in [1.807, 2.05) is 19.9 Å². The summed E-state index contributed by atoms with van der Waals surface area (Å²) in [7, 11) is 0. The first-order valence-electron chi connectivity index (χ1n) is 5.92. The summed E-state index contributed by atoms with van der Waals surface area (Å²) >= 11 is 1.69. The third-order valence-electron chi connectivity index (χ3n) is 2.41. The van der Waals surface area contributed by atoms with Crippen molar-refractivity contribution in [2.75, 3.05) is 5.32 Å². The number of ether oxygens (including phenoxy) is 1. The van der Waals surface area contributed by atoms with Gasteiger partial charge in [-0.05, 0) is 43.2 Å². The van der Waals surface area contributed by atoms with Gasteiger partial charge in [0.1, 0.15) is 12.1 Å². The molecule has 1 atom stereocenters. The van der Waals surface area contributed by atoms with Gasteiger partial charge in [0.25, 0.3) is 0 Å². The molecule has 0 fully saturated rings. The number of aromatic nitrogens is 2. The van der Waals surface area contributed by atoms with Crippen LogP contribution in [0.2, 0.25) is 0 Å². The highest BCUT2D eigenvalue weighted by molar-refractivity contribution is 7.07. The van der Waals surface area contributed by atoms with E-state index in [4.69, 9.17) is 4.74 Å². The van der Waals surface area contributed by atoms with Crippen LogP contribution >= 0.6 is 11.3 Å². The molecule has 96 valence electrons. The highest BCUT2D eigenvalue weighted by Gasteiger charge is 2.08. The van der Waals surface area contributed by atoms with Crippen LogP contribution in [-0.4, -0.2) is 16.1 Å². The van der Waals surface area contributed by atoms with Crippen LogP contribution in [0, 0.1) is 0 Å². The molecule has 1 unspecified atom stereocenters. The van der Waals surface area contributed by atoms with Gasteiger partial charge in [-0.3, -0.25) is 0 Å². The van der Waals surface area contributed by atoms with Crippen molar-refractivity contribution in [1.29, 1.82) is 0 Å². The lowest BCUT2D eigenvalue weighted by Crippen LogP contribution is -2.10. The van der Waals surface area contributed by atoms with Gasteiger partial charge >= 0.3 is 0 Å². The molecule has 2 aromatic rings. The molecule has 1 N–H and O–H groups in total. The van der Waals surface area contributed by atoms with Gasteiger partial charge < -0.3 is 10.1 Å². The topological polar surface area (TPSA) is 47.0 Å². The smallest absolute Gasteiger partial charge is 0.218 e. The number of rotatable bonds is 5. The maximum atomic E-state index is 5.54. The Balaban J connectivity index is 2.05. The standard InChI is InChI=1S/C13H17N3OS/c1-9(2)17-13-6-12(14-8-15-13)16-10(3)11-4-5-18-7-11/h4-10H,1-3H3,(H,14,15,16). The minimum atomic E-state index is 0.113. The van der Waals surface area contributed by atoms with E-state index in [9.17, 15) is 0 Å². The van der Waals surface area contributed by atoms with Crippen molar-refractivity contribution in [2.24, 2.45) is 0 Å². The number of nitrogens with zero attached hydrogens (tertiary/aromatic N) is 2. The van der Waals surface area contributed by atoms with E-state index in [0.29, 0.717) is 5.88 Å². The molecule has 0 spiro atoms. The van der Waals surface area contributed by atoms with E-state index in [1.165, 1.54) is 11.9 Å². The summed E-state index contributed by atoms with van der Waals surface area (Å²) in [6, 6.07) is 4.15. The van der Waals surface area contributed by atoms with Crippen LogP contribution in [0.1, 0.15) is 32.4 Å². The quantitative estimate of drug-likeness (QED) is 0.897. The molecule has 0 aromatic carbocycles. The predicted molar refractivity (Wildman–Crippen MR) is 74.2 cm³/mol. The largest absolute Gasteiger partial charge is 0.475 e. The third kappa shape index (κ3) is 3.43. The van der Waals surface area contributed by atoms with Crippen molar-refractivity contribution in [1.82, 2.24) is 9.97 Å². The first kappa shape index (κ1) is 12.8. The number of nitrogens with one attached hydrogen (secondary N) is 1. The van der Waals surface area contributed by atoms with Gasteiger partial charge in [-0.25, -0.2) is 9.97 Å². The Bertz CT molecular complexity index is 485. The van der Waals surface area contributed by atoms with E-state index < -0.39 is 0 Å². The van der Waals surface area contributed by atoms with Gasteiger partial charge in [0.05, 0.1) is 12.1 Å². The van der Waals surface area contributed by atoms with Gasteiger partial charge in [-0.2, -0.15) is 11.3 Å². The molecule has 0 aliphatic carbocycles. The first-order valence-corrected chi connectivity index (χ1v) is 6.87. The molecule has 0 bridgehead atoms. The lowest BCUT2D eigenvalue weighted by Gasteiger charge is -2.14. The van der Waals surface area contributed by atoms with Crippen LogP contribution in [-0.2, 0) is 0 Å². The molecule has 0 saturated carbocycles. The summed E-state index contributed by atoms with van der Waals surface area (Å²) in [6.07, 6.45) is 1.63. The zero-order valence-electron chi connectivity index (χ0n) is 10.8. The van der Waals surface area contributed by atoms with Crippen LogP contribution in [0.25, 0.3) is 0 Å². The van der Waals surface area contributed by atoms with Gasteiger partial charge in [-0.1, -0.05) is 0 Å². The fourth-order valence-electron chi connectivity index (χ4n) is 1.55. The molecule has 2 aromatic heterocycles. The van der Waals surface area contributed by atoms with Gasteiger partial charge in [-0.15, -0.1) is 0 Å². The second-order valence-corrected chi connectivity index (χ2v) is 5.11. The summed E-state index contributed by atoms with van der Waals surface area (Å²) in [5.41, 5.74) is 1.25. The summed E-state index contributed by atoms with van der Waals surface area (Å²) < 4.78 is 5.54. The summed E-state index contributed by atoms with van der Waals surface area (Å²) in [6.45, 7) is 6.06. The highest BCUT2D eigenvalue weighted by atomic mass is 32.1. The maximum absolute atomic E-state index is 5.54. The summed E-state index contributed by atoms with van der Waals surface area (Å²) in [5, 5.41) is 7.53. The average Bonchev–Trinajstić information content (AvgIpc) is 2.81. The Morgan fingerprint density at radius 1 is 1.28 bits per heavy atom. The van der Waals surface area contributed by atoms with E-state index in [-0.39, 0.29) is 12.1 Å². The maximum Gasteiger partial charge on any atom is 0.218 e. The van der Waals surface area contributed by atoms with Crippen LogP contribution in [0.4, 0.5) is 5.82 Å². The Hall–Kier alpha value is -1.62. The lowest BCUT2D eigenvalue weighted by molar-refractivity contribution is 0.232. The molecule has 0 radical (unpaired) electrons. The molecule has 2 rings (SSSR count). The minimum Gasteiger partial charge on any atom is -0.475 e. The van der Waals surface area contributed by atoms with Crippen molar-refractivity contribution in [3.05, 3.63) is 34.8 Å². The molecule has 2 heterocycles. The van der Waals surface area contributed by atoms with E-state index >= 15 is 0 Å². The fourth-order valence-corrected chi connectivity index (χ4v) is 2.30. The third-order valence-corrected chi connectivity index (χ3v) is 3.11. The van der Waals surface area contributed by atoms with E-state index in [1.54, 1.807) is 11.3 Å². The molecule has 5 heteroatoms. The Kier molecular flexibility index (Phi) is 4.15. The fraction of sp³-hybridized carbons (Fsp3) is 0.385. The van der Waals surface area contributed by atoms with Gasteiger partial charge in [0.2, 0.25) is 5.88 Å². The molecular weight excluding hydrogens is 246 g/mol. The highest BCUT2D eigenvalue weighted by Crippen LogP contribution is 2.21. The summed E-state index contributed by atoms with van der Waals surface area (Å²) in [4.78, 5) is 8.28. The number of thiophene rings is 1. The molecule has 4 nitrogen and oxygen atoms in total. The second kappa shape index (κ2) is 5.82. The average molecular weight is 263 g/mol. The minimum absolute atomic E-state index is 0.113. The molecule has 0 saturated heterocycles. The van der Waals surface area contributed by atoms with Crippen LogP contribution < -0.4 is 10.1 Å². The number of hydrogen-bond acceptors (Lipinski definition) is 5.